The van der Waals surface area contributed by atoms with Crippen LogP contribution in [0.1, 0.15) is 33.1 Å². The van der Waals surface area contributed by atoms with Crippen molar-refractivity contribution < 1.29 is 4.74 Å². The van der Waals surface area contributed by atoms with Crippen LogP contribution in [0, 0.1) is 17.8 Å². The third kappa shape index (κ3) is 3.23. The zero-order valence-electron chi connectivity index (χ0n) is 12.1. The monoisotopic (exact) mass is 255 g/mol. The van der Waals surface area contributed by atoms with Crippen LogP contribution in [0.25, 0.3) is 0 Å². The van der Waals surface area contributed by atoms with Crippen molar-refractivity contribution in [1.82, 2.24) is 10.3 Å². The number of nitrogens with one attached hydrogen (secondary N) is 1. The molecule has 0 radical (unpaired) electrons. The maximum absolute atomic E-state index is 5.93. The second-order valence-electron chi connectivity index (χ2n) is 6.39. The van der Waals surface area contributed by atoms with Gasteiger partial charge < -0.3 is 9.64 Å². The van der Waals surface area contributed by atoms with Crippen LogP contribution in [0.15, 0.2) is 0 Å². The molecule has 2 rings (SSSR count). The van der Waals surface area contributed by atoms with Crippen LogP contribution in [0.4, 0.5) is 0 Å². The molecule has 4 heteroatoms. The van der Waals surface area contributed by atoms with Crippen LogP contribution in [-0.2, 0) is 4.74 Å². The van der Waals surface area contributed by atoms with Crippen molar-refractivity contribution in [3.8, 4) is 0 Å². The van der Waals surface area contributed by atoms with Gasteiger partial charge in [-0.05, 0) is 37.6 Å². The van der Waals surface area contributed by atoms with Gasteiger partial charge in [0.25, 0.3) is 0 Å². The zero-order valence-corrected chi connectivity index (χ0v) is 12.1. The Balaban J connectivity index is 1.95. The number of nitrogens with two attached hydrogens (primary N) is 1. The predicted octanol–water partition coefficient (Wildman–Crippen LogP) is 1.22. The van der Waals surface area contributed by atoms with Crippen LogP contribution < -0.4 is 11.3 Å². The molecule has 0 amide bonds. The summed E-state index contributed by atoms with van der Waals surface area (Å²) in [5.41, 5.74) is 3.05. The molecule has 1 aliphatic carbocycles. The summed E-state index contributed by atoms with van der Waals surface area (Å²) in [5.74, 6) is 8.14. The van der Waals surface area contributed by atoms with Crippen molar-refractivity contribution in [1.29, 1.82) is 0 Å². The van der Waals surface area contributed by atoms with Crippen molar-refractivity contribution in [3.05, 3.63) is 0 Å². The Kier molecular flexibility index (Phi) is 5.01. The first-order valence-electron chi connectivity index (χ1n) is 7.38. The minimum Gasteiger partial charge on any atom is -0.374 e. The van der Waals surface area contributed by atoms with Crippen LogP contribution in [0.5, 0.6) is 0 Å². The normalized spacial score (nSPS) is 40.7. The van der Waals surface area contributed by atoms with E-state index in [0.29, 0.717) is 12.0 Å². The molecule has 2 fully saturated rings. The van der Waals surface area contributed by atoms with Crippen molar-refractivity contribution in [3.63, 3.8) is 0 Å². The highest BCUT2D eigenvalue weighted by Gasteiger charge is 2.35. The largest absolute Gasteiger partial charge is 0.374 e. The number of morpholine rings is 1. The van der Waals surface area contributed by atoms with Gasteiger partial charge in [0.2, 0.25) is 0 Å². The standard InChI is InChI=1S/C14H29N3O/c1-10-4-5-12(8-11(10)2)14(16-15)13-9-17(3)6-7-18-13/h10-14,16H,4-9,15H2,1-3H3. The summed E-state index contributed by atoms with van der Waals surface area (Å²) in [4.78, 5) is 2.34. The molecule has 2 aliphatic rings. The highest BCUT2D eigenvalue weighted by Crippen LogP contribution is 2.36. The molecule has 18 heavy (non-hydrogen) atoms. The van der Waals surface area contributed by atoms with E-state index in [2.05, 4.69) is 31.2 Å². The average Bonchev–Trinajstić information content (AvgIpc) is 2.35. The Labute approximate surface area is 111 Å². The summed E-state index contributed by atoms with van der Waals surface area (Å²) in [6, 6.07) is 0.308. The van der Waals surface area contributed by atoms with E-state index in [0.717, 1.165) is 31.5 Å². The molecule has 1 aliphatic heterocycles. The van der Waals surface area contributed by atoms with Gasteiger partial charge in [-0.1, -0.05) is 20.3 Å². The molecule has 0 bridgehead atoms. The number of ether oxygens (including phenoxy) is 1. The molecule has 0 aromatic rings. The first-order chi connectivity index (χ1) is 8.61. The lowest BCUT2D eigenvalue weighted by molar-refractivity contribution is -0.0558. The van der Waals surface area contributed by atoms with Gasteiger partial charge in [-0.15, -0.1) is 0 Å². The van der Waals surface area contributed by atoms with E-state index in [4.69, 9.17) is 10.6 Å². The Hall–Kier alpha value is -0.160. The van der Waals surface area contributed by atoms with Crippen molar-refractivity contribution in [2.45, 2.75) is 45.3 Å². The number of hydrogen-bond donors (Lipinski definition) is 2. The van der Waals surface area contributed by atoms with E-state index < -0.39 is 0 Å². The van der Waals surface area contributed by atoms with E-state index in [1.807, 2.05) is 0 Å². The zero-order chi connectivity index (χ0) is 13.1. The summed E-state index contributed by atoms with van der Waals surface area (Å²) in [6.45, 7) is 7.61. The number of hydrogen-bond acceptors (Lipinski definition) is 4. The van der Waals surface area contributed by atoms with Gasteiger partial charge in [0, 0.05) is 13.1 Å². The molecule has 5 atom stereocenters. The first-order valence-corrected chi connectivity index (χ1v) is 7.38. The van der Waals surface area contributed by atoms with E-state index in [1.54, 1.807) is 0 Å². The maximum atomic E-state index is 5.93. The number of likely N-dealkylation sites (N-methyl/N-ethyl adjacent to an activating group) is 1. The van der Waals surface area contributed by atoms with Crippen molar-refractivity contribution in [2.24, 2.45) is 23.6 Å². The number of rotatable bonds is 3. The van der Waals surface area contributed by atoms with Gasteiger partial charge in [0.1, 0.15) is 0 Å². The molecule has 1 saturated heterocycles. The highest BCUT2D eigenvalue weighted by atomic mass is 16.5. The van der Waals surface area contributed by atoms with E-state index in [9.17, 15) is 0 Å². The summed E-state index contributed by atoms with van der Waals surface area (Å²) >= 11 is 0. The number of nitrogens with zero attached hydrogens (tertiary/aromatic N) is 1. The summed E-state index contributed by atoms with van der Waals surface area (Å²) in [6.07, 6.45) is 4.13. The summed E-state index contributed by atoms with van der Waals surface area (Å²) in [5, 5.41) is 0. The minimum atomic E-state index is 0.249. The Morgan fingerprint density at radius 2 is 2.06 bits per heavy atom. The third-order valence-corrected chi connectivity index (χ3v) is 5.04. The van der Waals surface area contributed by atoms with Gasteiger partial charge in [-0.25, -0.2) is 0 Å². The molecule has 0 spiro atoms. The topological polar surface area (TPSA) is 50.5 Å². The molecule has 4 nitrogen and oxygen atoms in total. The second kappa shape index (κ2) is 6.33. The quantitative estimate of drug-likeness (QED) is 0.588. The molecule has 1 saturated carbocycles. The fraction of sp³-hybridized carbons (Fsp3) is 1.00. The molecular weight excluding hydrogens is 226 g/mol. The van der Waals surface area contributed by atoms with Crippen LogP contribution in [0.3, 0.4) is 0 Å². The smallest absolute Gasteiger partial charge is 0.0871 e. The summed E-state index contributed by atoms with van der Waals surface area (Å²) in [7, 11) is 2.16. The molecule has 0 aromatic carbocycles. The lowest BCUT2D eigenvalue weighted by Gasteiger charge is -2.42. The fourth-order valence-corrected chi connectivity index (χ4v) is 3.49. The summed E-state index contributed by atoms with van der Waals surface area (Å²) < 4.78 is 5.93. The Morgan fingerprint density at radius 3 is 2.67 bits per heavy atom. The van der Waals surface area contributed by atoms with Gasteiger partial charge >= 0.3 is 0 Å². The molecule has 0 aromatic heterocycles. The van der Waals surface area contributed by atoms with E-state index in [-0.39, 0.29) is 6.10 Å². The van der Waals surface area contributed by atoms with Crippen LogP contribution in [0.2, 0.25) is 0 Å². The van der Waals surface area contributed by atoms with Crippen molar-refractivity contribution >= 4 is 0 Å². The molecule has 106 valence electrons. The first kappa shape index (κ1) is 14.3. The Morgan fingerprint density at radius 1 is 1.28 bits per heavy atom. The average molecular weight is 255 g/mol. The third-order valence-electron chi connectivity index (χ3n) is 5.04. The van der Waals surface area contributed by atoms with E-state index >= 15 is 0 Å². The molecular formula is C14H29N3O. The Bertz CT molecular complexity index is 261. The van der Waals surface area contributed by atoms with Gasteiger partial charge in [0.15, 0.2) is 0 Å². The second-order valence-corrected chi connectivity index (χ2v) is 6.39. The minimum absolute atomic E-state index is 0.249. The molecule has 3 N–H and O–H groups in total. The maximum Gasteiger partial charge on any atom is 0.0871 e. The predicted molar refractivity (Wildman–Crippen MR) is 74.0 cm³/mol. The SMILES string of the molecule is CC1CCC(C(NN)C2CN(C)CCO2)CC1C. The van der Waals surface area contributed by atoms with Crippen molar-refractivity contribution in [2.75, 3.05) is 26.7 Å². The van der Waals surface area contributed by atoms with Crippen LogP contribution >= 0.6 is 0 Å². The van der Waals surface area contributed by atoms with Gasteiger partial charge in [0.05, 0.1) is 18.8 Å². The molecule has 1 heterocycles. The number of hydrazine groups is 1. The molecule has 5 unspecified atom stereocenters. The van der Waals surface area contributed by atoms with Crippen LogP contribution in [-0.4, -0.2) is 43.8 Å². The van der Waals surface area contributed by atoms with E-state index in [1.165, 1.54) is 19.3 Å². The lowest BCUT2D eigenvalue weighted by Crippen LogP contribution is -2.57. The fourth-order valence-electron chi connectivity index (χ4n) is 3.49. The lowest BCUT2D eigenvalue weighted by atomic mass is 9.72. The van der Waals surface area contributed by atoms with Gasteiger partial charge in [-0.3, -0.25) is 11.3 Å². The van der Waals surface area contributed by atoms with Gasteiger partial charge in [-0.2, -0.15) is 0 Å². The highest BCUT2D eigenvalue weighted by molar-refractivity contribution is 4.89.